The summed E-state index contributed by atoms with van der Waals surface area (Å²) in [5.41, 5.74) is -0.864. The lowest BCUT2D eigenvalue weighted by molar-refractivity contribution is 0.485. The quantitative estimate of drug-likeness (QED) is 0.927. The summed E-state index contributed by atoms with van der Waals surface area (Å²) in [4.78, 5) is -0.167. The molecule has 0 unspecified atom stereocenters. The van der Waals surface area contributed by atoms with Gasteiger partial charge < -0.3 is 0 Å². The van der Waals surface area contributed by atoms with Gasteiger partial charge in [-0.05, 0) is 31.0 Å². The van der Waals surface area contributed by atoms with E-state index in [9.17, 15) is 13.7 Å². The summed E-state index contributed by atoms with van der Waals surface area (Å²) in [5, 5.41) is 18.1. The maximum absolute atomic E-state index is 12.4. The Morgan fingerprint density at radius 1 is 1.25 bits per heavy atom. The third-order valence-electron chi connectivity index (χ3n) is 3.35. The van der Waals surface area contributed by atoms with Gasteiger partial charge in [-0.3, -0.25) is 0 Å². The fraction of sp³-hybridized carbons (Fsp3) is 0.385. The van der Waals surface area contributed by atoms with Crippen molar-refractivity contribution in [3.63, 3.8) is 0 Å². The maximum atomic E-state index is 12.4. The summed E-state index contributed by atoms with van der Waals surface area (Å²) in [7, 11) is -3.93. The largest absolute Gasteiger partial charge is 0.243 e. The molecular formula is C13H12ClN3O2S. The first-order valence-corrected chi connectivity index (χ1v) is 7.93. The molecule has 1 aromatic rings. The minimum absolute atomic E-state index is 0.0302. The Hall–Kier alpha value is -1.60. The zero-order chi connectivity index (χ0) is 14.8. The molecule has 2 rings (SSSR count). The smallest absolute Gasteiger partial charge is 0.207 e. The molecule has 0 atom stereocenters. The van der Waals surface area contributed by atoms with Crippen LogP contribution in [0.4, 0.5) is 0 Å². The lowest BCUT2D eigenvalue weighted by atomic mass is 10.0. The monoisotopic (exact) mass is 309 g/mol. The SMILES string of the molecule is N#Cc1ccc(Cl)c(S(=O)(=O)NC2(C#N)CCCC2)c1. The molecule has 7 heteroatoms. The van der Waals surface area contributed by atoms with E-state index in [0.29, 0.717) is 12.8 Å². The molecule has 1 aliphatic rings. The van der Waals surface area contributed by atoms with E-state index < -0.39 is 15.6 Å². The van der Waals surface area contributed by atoms with E-state index in [-0.39, 0.29) is 15.5 Å². The van der Waals surface area contributed by atoms with Gasteiger partial charge in [0, 0.05) is 0 Å². The van der Waals surface area contributed by atoms with Crippen molar-refractivity contribution < 1.29 is 8.42 Å². The molecule has 1 fully saturated rings. The molecule has 0 aromatic heterocycles. The fourth-order valence-electron chi connectivity index (χ4n) is 2.31. The number of sulfonamides is 1. The van der Waals surface area contributed by atoms with Crippen LogP contribution in [-0.2, 0) is 10.0 Å². The fourth-order valence-corrected chi connectivity index (χ4v) is 4.21. The van der Waals surface area contributed by atoms with Gasteiger partial charge in [-0.15, -0.1) is 0 Å². The molecule has 1 aliphatic carbocycles. The van der Waals surface area contributed by atoms with Crippen LogP contribution in [0.3, 0.4) is 0 Å². The molecule has 0 heterocycles. The van der Waals surface area contributed by atoms with Gasteiger partial charge in [0.15, 0.2) is 0 Å². The van der Waals surface area contributed by atoms with E-state index in [1.807, 2.05) is 6.07 Å². The average Bonchev–Trinajstić information content (AvgIpc) is 2.87. The number of hydrogen-bond acceptors (Lipinski definition) is 4. The summed E-state index contributed by atoms with van der Waals surface area (Å²) in [6.45, 7) is 0. The van der Waals surface area contributed by atoms with Gasteiger partial charge in [-0.25, -0.2) is 8.42 Å². The van der Waals surface area contributed by atoms with Crippen molar-refractivity contribution in [3.05, 3.63) is 28.8 Å². The third-order valence-corrected chi connectivity index (χ3v) is 5.37. The van der Waals surface area contributed by atoms with Crippen LogP contribution >= 0.6 is 11.6 Å². The third kappa shape index (κ3) is 2.78. The van der Waals surface area contributed by atoms with E-state index in [1.54, 1.807) is 0 Å². The predicted octanol–water partition coefficient (Wildman–Crippen LogP) is 2.33. The zero-order valence-corrected chi connectivity index (χ0v) is 12.1. The number of nitriles is 2. The standard InChI is InChI=1S/C13H12ClN3O2S/c14-11-4-3-10(8-15)7-12(11)20(18,19)17-13(9-16)5-1-2-6-13/h3-4,7,17H,1-2,5-6H2. The van der Waals surface area contributed by atoms with Crippen molar-refractivity contribution >= 4 is 21.6 Å². The number of halogens is 1. The first-order chi connectivity index (χ1) is 9.42. The minimum atomic E-state index is -3.93. The van der Waals surface area contributed by atoms with Crippen molar-refractivity contribution in [2.24, 2.45) is 0 Å². The number of nitrogens with one attached hydrogen (secondary N) is 1. The lowest BCUT2D eigenvalue weighted by Crippen LogP contribution is -2.45. The van der Waals surface area contributed by atoms with Crippen LogP contribution in [0.25, 0.3) is 0 Å². The number of benzene rings is 1. The Balaban J connectivity index is 2.41. The molecule has 0 spiro atoms. The summed E-state index contributed by atoms with van der Waals surface area (Å²) < 4.78 is 27.2. The average molecular weight is 310 g/mol. The van der Waals surface area contributed by atoms with E-state index in [1.165, 1.54) is 18.2 Å². The highest BCUT2D eigenvalue weighted by molar-refractivity contribution is 7.89. The van der Waals surface area contributed by atoms with Gasteiger partial charge >= 0.3 is 0 Å². The summed E-state index contributed by atoms with van der Waals surface area (Å²) >= 11 is 5.90. The molecule has 1 N–H and O–H groups in total. The van der Waals surface area contributed by atoms with E-state index >= 15 is 0 Å². The van der Waals surface area contributed by atoms with Crippen LogP contribution < -0.4 is 4.72 Å². The molecule has 1 saturated carbocycles. The van der Waals surface area contributed by atoms with Crippen molar-refractivity contribution in [1.82, 2.24) is 4.72 Å². The van der Waals surface area contributed by atoms with E-state index in [4.69, 9.17) is 16.9 Å². The first-order valence-electron chi connectivity index (χ1n) is 6.07. The summed E-state index contributed by atoms with van der Waals surface area (Å²) in [6.07, 6.45) is 2.58. The number of hydrogen-bond donors (Lipinski definition) is 1. The second kappa shape index (κ2) is 5.41. The van der Waals surface area contributed by atoms with Crippen LogP contribution in [-0.4, -0.2) is 14.0 Å². The molecular weight excluding hydrogens is 298 g/mol. The molecule has 104 valence electrons. The van der Waals surface area contributed by atoms with Crippen molar-refractivity contribution in [3.8, 4) is 12.1 Å². The highest BCUT2D eigenvalue weighted by Crippen LogP contribution is 2.32. The van der Waals surface area contributed by atoms with Crippen LogP contribution in [0.2, 0.25) is 5.02 Å². The summed E-state index contributed by atoms with van der Waals surface area (Å²) in [6, 6.07) is 7.94. The van der Waals surface area contributed by atoms with Gasteiger partial charge in [0.05, 0.1) is 22.7 Å². The molecule has 0 radical (unpaired) electrons. The van der Waals surface area contributed by atoms with E-state index in [2.05, 4.69) is 10.8 Å². The van der Waals surface area contributed by atoms with Crippen molar-refractivity contribution in [2.75, 3.05) is 0 Å². The van der Waals surface area contributed by atoms with E-state index in [0.717, 1.165) is 12.8 Å². The maximum Gasteiger partial charge on any atom is 0.243 e. The van der Waals surface area contributed by atoms with Gasteiger partial charge in [-0.2, -0.15) is 15.2 Å². The highest BCUT2D eigenvalue weighted by atomic mass is 35.5. The normalized spacial score (nSPS) is 17.4. The number of nitrogens with zero attached hydrogens (tertiary/aromatic N) is 2. The van der Waals surface area contributed by atoms with Crippen LogP contribution in [0.5, 0.6) is 0 Å². The highest BCUT2D eigenvalue weighted by Gasteiger charge is 2.38. The molecule has 5 nitrogen and oxygen atoms in total. The Morgan fingerprint density at radius 3 is 2.45 bits per heavy atom. The van der Waals surface area contributed by atoms with Gasteiger partial charge in [0.1, 0.15) is 10.4 Å². The Morgan fingerprint density at radius 2 is 1.90 bits per heavy atom. The molecule has 0 aliphatic heterocycles. The Labute approximate surface area is 122 Å². The topological polar surface area (TPSA) is 93.8 Å². The Kier molecular flexibility index (Phi) is 4.01. The van der Waals surface area contributed by atoms with Crippen LogP contribution in [0.15, 0.2) is 23.1 Å². The number of rotatable bonds is 3. The van der Waals surface area contributed by atoms with Gasteiger partial charge in [0.2, 0.25) is 10.0 Å². The zero-order valence-electron chi connectivity index (χ0n) is 10.6. The van der Waals surface area contributed by atoms with Crippen molar-refractivity contribution in [1.29, 1.82) is 10.5 Å². The molecule has 0 saturated heterocycles. The Bertz CT molecular complexity index is 710. The first kappa shape index (κ1) is 14.8. The molecule has 0 bridgehead atoms. The predicted molar refractivity (Wildman–Crippen MR) is 73.3 cm³/mol. The molecule has 20 heavy (non-hydrogen) atoms. The van der Waals surface area contributed by atoms with Gasteiger partial charge in [0.25, 0.3) is 0 Å². The van der Waals surface area contributed by atoms with Crippen LogP contribution in [0.1, 0.15) is 31.2 Å². The minimum Gasteiger partial charge on any atom is -0.207 e. The van der Waals surface area contributed by atoms with Gasteiger partial charge in [-0.1, -0.05) is 24.4 Å². The molecule has 1 aromatic carbocycles. The lowest BCUT2D eigenvalue weighted by Gasteiger charge is -2.22. The molecule has 0 amide bonds. The van der Waals surface area contributed by atoms with Crippen molar-refractivity contribution in [2.45, 2.75) is 36.1 Å². The summed E-state index contributed by atoms with van der Waals surface area (Å²) in [5.74, 6) is 0. The second-order valence-electron chi connectivity index (χ2n) is 4.76. The van der Waals surface area contributed by atoms with Crippen LogP contribution in [0, 0.1) is 22.7 Å². The second-order valence-corrected chi connectivity index (χ2v) is 6.82.